The Labute approximate surface area is 153 Å². The molecule has 0 radical (unpaired) electrons. The number of hydrogen-bond donors (Lipinski definition) is 1. The Bertz CT molecular complexity index is 691. The molecule has 1 aliphatic carbocycles. The minimum Gasteiger partial charge on any atom is -0.394 e. The quantitative estimate of drug-likeness (QED) is 0.827. The van der Waals surface area contributed by atoms with Gasteiger partial charge in [0, 0.05) is 44.5 Å². The van der Waals surface area contributed by atoms with E-state index in [-0.39, 0.29) is 6.61 Å². The highest BCUT2D eigenvalue weighted by Gasteiger charge is 2.25. The molecule has 2 aromatic heterocycles. The van der Waals surface area contributed by atoms with Gasteiger partial charge in [-0.1, -0.05) is 12.8 Å². The van der Waals surface area contributed by atoms with Crippen molar-refractivity contribution in [1.29, 1.82) is 0 Å². The average molecular weight is 357 g/mol. The number of aromatic nitrogens is 5. The van der Waals surface area contributed by atoms with Crippen LogP contribution in [0.4, 0.5) is 5.95 Å². The van der Waals surface area contributed by atoms with Gasteiger partial charge < -0.3 is 10.0 Å². The van der Waals surface area contributed by atoms with Gasteiger partial charge >= 0.3 is 0 Å². The van der Waals surface area contributed by atoms with Crippen LogP contribution in [-0.2, 0) is 13.1 Å². The lowest BCUT2D eigenvalue weighted by Crippen LogP contribution is -2.46. The molecule has 0 spiro atoms. The summed E-state index contributed by atoms with van der Waals surface area (Å²) >= 11 is 0. The standard InChI is InChI=1S/C18H27N7O/c26-13-12-25-16(21-17(22-25)15-4-1-2-5-15)14-23-8-10-24(11-9-23)18-19-6-3-7-20-18/h3,6-7,15,26H,1-2,4-5,8-14H2. The first-order valence-electron chi connectivity index (χ1n) is 9.62. The largest absolute Gasteiger partial charge is 0.394 e. The molecule has 1 saturated heterocycles. The minimum atomic E-state index is 0.0968. The molecule has 8 nitrogen and oxygen atoms in total. The predicted octanol–water partition coefficient (Wildman–Crippen LogP) is 1.04. The molecule has 4 rings (SSSR count). The van der Waals surface area contributed by atoms with Crippen LogP contribution in [0.25, 0.3) is 0 Å². The predicted molar refractivity (Wildman–Crippen MR) is 97.8 cm³/mol. The summed E-state index contributed by atoms with van der Waals surface area (Å²) in [6.45, 7) is 5.11. The van der Waals surface area contributed by atoms with Crippen molar-refractivity contribution in [2.24, 2.45) is 0 Å². The summed E-state index contributed by atoms with van der Waals surface area (Å²) in [5.41, 5.74) is 0. The van der Waals surface area contributed by atoms with Gasteiger partial charge in [-0.15, -0.1) is 0 Å². The minimum absolute atomic E-state index is 0.0968. The maximum absolute atomic E-state index is 9.36. The molecule has 140 valence electrons. The number of rotatable bonds is 6. The van der Waals surface area contributed by atoms with Gasteiger partial charge in [-0.3, -0.25) is 4.90 Å². The smallest absolute Gasteiger partial charge is 0.225 e. The third kappa shape index (κ3) is 3.86. The SMILES string of the molecule is OCCn1nc(C2CCCC2)nc1CN1CCN(c2ncccn2)CC1. The first-order chi connectivity index (χ1) is 12.8. The van der Waals surface area contributed by atoms with Crippen LogP contribution in [0.3, 0.4) is 0 Å². The van der Waals surface area contributed by atoms with Crippen molar-refractivity contribution in [1.82, 2.24) is 29.6 Å². The van der Waals surface area contributed by atoms with Crippen molar-refractivity contribution < 1.29 is 5.11 Å². The molecule has 1 N–H and O–H groups in total. The van der Waals surface area contributed by atoms with E-state index in [2.05, 4.69) is 19.8 Å². The second kappa shape index (κ2) is 8.09. The Hall–Kier alpha value is -2.06. The molecular weight excluding hydrogens is 330 g/mol. The number of aliphatic hydroxyl groups is 1. The van der Waals surface area contributed by atoms with Crippen LogP contribution in [0.1, 0.15) is 43.3 Å². The molecule has 2 aliphatic rings. The van der Waals surface area contributed by atoms with Gasteiger partial charge in [-0.05, 0) is 18.9 Å². The highest BCUT2D eigenvalue weighted by Crippen LogP contribution is 2.32. The molecule has 0 aromatic carbocycles. The normalized spacial score (nSPS) is 19.3. The van der Waals surface area contributed by atoms with Crippen LogP contribution in [0.5, 0.6) is 0 Å². The summed E-state index contributed by atoms with van der Waals surface area (Å²) in [4.78, 5) is 18.1. The lowest BCUT2D eigenvalue weighted by atomic mass is 10.1. The Morgan fingerprint density at radius 2 is 1.77 bits per heavy atom. The van der Waals surface area contributed by atoms with Crippen LogP contribution in [0.2, 0.25) is 0 Å². The molecule has 1 saturated carbocycles. The molecular formula is C18H27N7O. The van der Waals surface area contributed by atoms with Crippen LogP contribution >= 0.6 is 0 Å². The fourth-order valence-corrected chi connectivity index (χ4v) is 3.90. The van der Waals surface area contributed by atoms with Crippen LogP contribution in [0, 0.1) is 0 Å². The molecule has 2 aromatic rings. The maximum atomic E-state index is 9.36. The number of anilines is 1. The van der Waals surface area contributed by atoms with E-state index < -0.39 is 0 Å². The number of nitrogens with zero attached hydrogens (tertiary/aromatic N) is 7. The number of hydrogen-bond acceptors (Lipinski definition) is 7. The summed E-state index contributed by atoms with van der Waals surface area (Å²) in [7, 11) is 0. The fraction of sp³-hybridized carbons (Fsp3) is 0.667. The zero-order valence-electron chi connectivity index (χ0n) is 15.2. The van der Waals surface area contributed by atoms with Gasteiger partial charge in [0.25, 0.3) is 0 Å². The van der Waals surface area contributed by atoms with Crippen molar-refractivity contribution in [2.45, 2.75) is 44.7 Å². The maximum Gasteiger partial charge on any atom is 0.225 e. The average Bonchev–Trinajstić information content (AvgIpc) is 3.34. The highest BCUT2D eigenvalue weighted by atomic mass is 16.3. The second-order valence-corrected chi connectivity index (χ2v) is 7.13. The summed E-state index contributed by atoms with van der Waals surface area (Å²) in [6.07, 6.45) is 8.51. The molecule has 0 atom stereocenters. The first-order valence-corrected chi connectivity index (χ1v) is 9.62. The van der Waals surface area contributed by atoms with E-state index in [1.165, 1.54) is 25.7 Å². The molecule has 2 fully saturated rings. The molecule has 0 unspecified atom stereocenters. The Morgan fingerprint density at radius 1 is 1.04 bits per heavy atom. The molecule has 3 heterocycles. The van der Waals surface area contributed by atoms with Gasteiger partial charge in [0.05, 0.1) is 19.7 Å². The van der Waals surface area contributed by atoms with E-state index in [4.69, 9.17) is 10.1 Å². The molecule has 0 bridgehead atoms. The number of aliphatic hydroxyl groups excluding tert-OH is 1. The summed E-state index contributed by atoms with van der Waals surface area (Å²) in [5, 5.41) is 14.1. The highest BCUT2D eigenvalue weighted by molar-refractivity contribution is 5.29. The van der Waals surface area contributed by atoms with Crippen molar-refractivity contribution in [3.05, 3.63) is 30.1 Å². The van der Waals surface area contributed by atoms with Gasteiger partial charge in [-0.25, -0.2) is 19.6 Å². The lowest BCUT2D eigenvalue weighted by molar-refractivity contribution is 0.229. The van der Waals surface area contributed by atoms with Gasteiger partial charge in [-0.2, -0.15) is 5.10 Å². The molecule has 26 heavy (non-hydrogen) atoms. The zero-order chi connectivity index (χ0) is 17.8. The Morgan fingerprint density at radius 3 is 2.46 bits per heavy atom. The third-order valence-electron chi connectivity index (χ3n) is 5.37. The van der Waals surface area contributed by atoms with E-state index in [9.17, 15) is 5.11 Å². The van der Waals surface area contributed by atoms with Crippen molar-refractivity contribution in [3.8, 4) is 0 Å². The van der Waals surface area contributed by atoms with E-state index in [0.717, 1.165) is 50.3 Å². The fourth-order valence-electron chi connectivity index (χ4n) is 3.90. The number of piperazine rings is 1. The van der Waals surface area contributed by atoms with Crippen molar-refractivity contribution in [3.63, 3.8) is 0 Å². The van der Waals surface area contributed by atoms with Gasteiger partial charge in [0.2, 0.25) is 5.95 Å². The van der Waals surface area contributed by atoms with Crippen molar-refractivity contribution >= 4 is 5.95 Å². The molecule has 8 heteroatoms. The molecule has 1 aliphatic heterocycles. The molecule has 0 amide bonds. The monoisotopic (exact) mass is 357 g/mol. The Balaban J connectivity index is 1.39. The summed E-state index contributed by atoms with van der Waals surface area (Å²) < 4.78 is 1.90. The van der Waals surface area contributed by atoms with Crippen LogP contribution in [-0.4, -0.2) is 67.5 Å². The van der Waals surface area contributed by atoms with Crippen molar-refractivity contribution in [2.75, 3.05) is 37.7 Å². The summed E-state index contributed by atoms with van der Waals surface area (Å²) in [5.74, 6) is 3.26. The summed E-state index contributed by atoms with van der Waals surface area (Å²) in [6, 6.07) is 1.84. The zero-order valence-corrected chi connectivity index (χ0v) is 15.2. The third-order valence-corrected chi connectivity index (χ3v) is 5.37. The van der Waals surface area contributed by atoms with E-state index >= 15 is 0 Å². The lowest BCUT2D eigenvalue weighted by Gasteiger charge is -2.34. The topological polar surface area (TPSA) is 83.2 Å². The van der Waals surface area contributed by atoms with E-state index in [0.29, 0.717) is 12.5 Å². The van der Waals surface area contributed by atoms with E-state index in [1.807, 2.05) is 10.7 Å². The van der Waals surface area contributed by atoms with Crippen LogP contribution in [0.15, 0.2) is 18.5 Å². The first kappa shape index (κ1) is 17.4. The van der Waals surface area contributed by atoms with E-state index in [1.54, 1.807) is 12.4 Å². The van der Waals surface area contributed by atoms with Gasteiger partial charge in [0.15, 0.2) is 5.82 Å². The Kier molecular flexibility index (Phi) is 5.40. The van der Waals surface area contributed by atoms with Crippen LogP contribution < -0.4 is 4.90 Å². The second-order valence-electron chi connectivity index (χ2n) is 7.13. The van der Waals surface area contributed by atoms with Gasteiger partial charge in [0.1, 0.15) is 5.82 Å².